The van der Waals surface area contributed by atoms with Crippen molar-refractivity contribution in [2.75, 3.05) is 31.1 Å². The maximum atomic E-state index is 14.0. The van der Waals surface area contributed by atoms with Gasteiger partial charge in [-0.05, 0) is 39.0 Å². The molecule has 1 aliphatic rings. The van der Waals surface area contributed by atoms with Gasteiger partial charge in [-0.1, -0.05) is 0 Å². The fourth-order valence-electron chi connectivity index (χ4n) is 3.64. The molecular formula is C21H22F2N6O. The molecule has 0 bridgehead atoms. The first-order chi connectivity index (χ1) is 14.3. The highest BCUT2D eigenvalue weighted by Gasteiger charge is 2.25. The van der Waals surface area contributed by atoms with Crippen LogP contribution in [0.15, 0.2) is 30.3 Å². The second-order valence-electron chi connectivity index (χ2n) is 7.37. The number of benzene rings is 1. The summed E-state index contributed by atoms with van der Waals surface area (Å²) in [4.78, 5) is 25.3. The molecule has 7 nitrogen and oxygen atoms in total. The van der Waals surface area contributed by atoms with Gasteiger partial charge in [0.25, 0.3) is 5.91 Å². The van der Waals surface area contributed by atoms with Gasteiger partial charge in [0.1, 0.15) is 23.3 Å². The van der Waals surface area contributed by atoms with E-state index in [2.05, 4.69) is 20.0 Å². The van der Waals surface area contributed by atoms with E-state index >= 15 is 0 Å². The van der Waals surface area contributed by atoms with Crippen LogP contribution in [0.4, 0.5) is 14.6 Å². The quantitative estimate of drug-likeness (QED) is 0.662. The zero-order valence-corrected chi connectivity index (χ0v) is 17.1. The van der Waals surface area contributed by atoms with Crippen LogP contribution in [0.2, 0.25) is 0 Å². The maximum absolute atomic E-state index is 14.0. The number of anilines is 1. The summed E-state index contributed by atoms with van der Waals surface area (Å²) in [7, 11) is 0. The summed E-state index contributed by atoms with van der Waals surface area (Å²) in [5.41, 5.74) is 1.77. The predicted molar refractivity (Wildman–Crippen MR) is 108 cm³/mol. The summed E-state index contributed by atoms with van der Waals surface area (Å²) in [6, 6.07) is 6.87. The summed E-state index contributed by atoms with van der Waals surface area (Å²) in [5, 5.41) is 4.48. The molecule has 1 aliphatic heterocycles. The van der Waals surface area contributed by atoms with E-state index in [4.69, 9.17) is 0 Å². The molecule has 30 heavy (non-hydrogen) atoms. The second-order valence-corrected chi connectivity index (χ2v) is 7.37. The van der Waals surface area contributed by atoms with Crippen molar-refractivity contribution < 1.29 is 13.6 Å². The Kier molecular flexibility index (Phi) is 5.19. The van der Waals surface area contributed by atoms with E-state index < -0.39 is 17.5 Å². The lowest BCUT2D eigenvalue weighted by Crippen LogP contribution is -2.49. The molecule has 3 aromatic rings. The monoisotopic (exact) mass is 412 g/mol. The van der Waals surface area contributed by atoms with Crippen molar-refractivity contribution in [1.29, 1.82) is 0 Å². The molecule has 156 valence electrons. The summed E-state index contributed by atoms with van der Waals surface area (Å²) < 4.78 is 28.9. The molecular weight excluding hydrogens is 390 g/mol. The Hall–Kier alpha value is -3.36. The molecule has 0 saturated carbocycles. The molecule has 1 amide bonds. The van der Waals surface area contributed by atoms with Crippen molar-refractivity contribution in [3.05, 3.63) is 64.7 Å². The van der Waals surface area contributed by atoms with Gasteiger partial charge in [-0.15, -0.1) is 0 Å². The van der Waals surface area contributed by atoms with Crippen molar-refractivity contribution in [2.24, 2.45) is 0 Å². The molecule has 2 aromatic heterocycles. The van der Waals surface area contributed by atoms with Crippen molar-refractivity contribution in [2.45, 2.75) is 20.8 Å². The number of hydrogen-bond acceptors (Lipinski definition) is 5. The van der Waals surface area contributed by atoms with Gasteiger partial charge in [0, 0.05) is 44.0 Å². The standard InChI is InChI=1S/C21H22F2N6O/c1-13-10-14(2)29(26-13)20-12-19(24-15(3)25-20)27-6-8-28(9-7-27)21(30)17-5-4-16(22)11-18(17)23/h4-5,10-12H,6-9H2,1-3H3. The van der Waals surface area contributed by atoms with Gasteiger partial charge in [0.05, 0.1) is 11.3 Å². The minimum atomic E-state index is -0.844. The normalized spacial score (nSPS) is 14.3. The smallest absolute Gasteiger partial charge is 0.256 e. The topological polar surface area (TPSA) is 67.2 Å². The van der Waals surface area contributed by atoms with Crippen molar-refractivity contribution >= 4 is 11.7 Å². The lowest BCUT2D eigenvalue weighted by Gasteiger charge is -2.35. The van der Waals surface area contributed by atoms with Gasteiger partial charge in [0.2, 0.25) is 0 Å². The molecule has 0 atom stereocenters. The third kappa shape index (κ3) is 3.87. The number of carbonyl (C=O) groups excluding carboxylic acids is 1. The van der Waals surface area contributed by atoms with E-state index in [1.807, 2.05) is 32.9 Å². The molecule has 1 fully saturated rings. The van der Waals surface area contributed by atoms with E-state index in [0.29, 0.717) is 37.8 Å². The van der Waals surface area contributed by atoms with E-state index in [9.17, 15) is 13.6 Å². The largest absolute Gasteiger partial charge is 0.353 e. The highest BCUT2D eigenvalue weighted by molar-refractivity contribution is 5.94. The number of aryl methyl sites for hydroxylation is 3. The van der Waals surface area contributed by atoms with Gasteiger partial charge in [0.15, 0.2) is 5.82 Å². The van der Waals surface area contributed by atoms with Crippen LogP contribution in [0.5, 0.6) is 0 Å². The third-order valence-electron chi connectivity index (χ3n) is 5.09. The Bertz CT molecular complexity index is 1100. The maximum Gasteiger partial charge on any atom is 0.256 e. The number of carbonyl (C=O) groups is 1. The number of hydrogen-bond donors (Lipinski definition) is 0. The molecule has 0 unspecified atom stereocenters. The zero-order chi connectivity index (χ0) is 21.4. The van der Waals surface area contributed by atoms with Gasteiger partial charge < -0.3 is 9.80 Å². The lowest BCUT2D eigenvalue weighted by atomic mass is 10.1. The van der Waals surface area contributed by atoms with Crippen LogP contribution in [0.3, 0.4) is 0 Å². The number of aromatic nitrogens is 4. The van der Waals surface area contributed by atoms with Crippen molar-refractivity contribution in [3.8, 4) is 5.82 Å². The molecule has 0 radical (unpaired) electrons. The van der Waals surface area contributed by atoms with E-state index in [1.165, 1.54) is 6.07 Å². The molecule has 0 N–H and O–H groups in total. The highest BCUT2D eigenvalue weighted by Crippen LogP contribution is 2.20. The fraction of sp³-hybridized carbons (Fsp3) is 0.333. The number of halogens is 2. The minimum absolute atomic E-state index is 0.116. The average molecular weight is 412 g/mol. The van der Waals surface area contributed by atoms with Crippen LogP contribution in [0.1, 0.15) is 27.6 Å². The zero-order valence-electron chi connectivity index (χ0n) is 17.1. The fourth-order valence-corrected chi connectivity index (χ4v) is 3.64. The number of piperazine rings is 1. The molecule has 1 saturated heterocycles. The van der Waals surface area contributed by atoms with E-state index in [-0.39, 0.29) is 5.56 Å². The molecule has 9 heteroatoms. The summed E-state index contributed by atoms with van der Waals surface area (Å²) in [6.45, 7) is 7.63. The van der Waals surface area contributed by atoms with Crippen LogP contribution >= 0.6 is 0 Å². The molecule has 0 aliphatic carbocycles. The predicted octanol–water partition coefficient (Wildman–Crippen LogP) is 2.83. The average Bonchev–Trinajstić information content (AvgIpc) is 3.05. The molecule has 3 heterocycles. The molecule has 1 aromatic carbocycles. The first-order valence-electron chi connectivity index (χ1n) is 9.70. The number of nitrogens with zero attached hydrogens (tertiary/aromatic N) is 6. The summed E-state index contributed by atoms with van der Waals surface area (Å²) in [6.07, 6.45) is 0. The van der Waals surface area contributed by atoms with Crippen molar-refractivity contribution in [3.63, 3.8) is 0 Å². The number of amides is 1. The second kappa shape index (κ2) is 7.81. The summed E-state index contributed by atoms with van der Waals surface area (Å²) in [5.74, 6) is 0.0891. The first-order valence-corrected chi connectivity index (χ1v) is 9.70. The third-order valence-corrected chi connectivity index (χ3v) is 5.09. The van der Waals surface area contributed by atoms with Crippen LogP contribution in [-0.2, 0) is 0 Å². The van der Waals surface area contributed by atoms with Gasteiger partial charge in [-0.2, -0.15) is 5.10 Å². The molecule has 4 rings (SSSR count). The molecule has 0 spiro atoms. The van der Waals surface area contributed by atoms with Crippen molar-refractivity contribution in [1.82, 2.24) is 24.6 Å². The minimum Gasteiger partial charge on any atom is -0.353 e. The Morgan fingerprint density at radius 1 is 0.933 bits per heavy atom. The lowest BCUT2D eigenvalue weighted by molar-refractivity contribution is 0.0741. The Morgan fingerprint density at radius 2 is 1.63 bits per heavy atom. The highest BCUT2D eigenvalue weighted by atomic mass is 19.1. The van der Waals surface area contributed by atoms with Crippen LogP contribution in [0, 0.1) is 32.4 Å². The Balaban J connectivity index is 1.50. The number of rotatable bonds is 3. The Morgan fingerprint density at radius 3 is 2.27 bits per heavy atom. The van der Waals surface area contributed by atoms with Gasteiger partial charge in [-0.25, -0.2) is 23.4 Å². The summed E-state index contributed by atoms with van der Waals surface area (Å²) >= 11 is 0. The van der Waals surface area contributed by atoms with Crippen LogP contribution in [0.25, 0.3) is 5.82 Å². The SMILES string of the molecule is Cc1cc(C)n(-c2cc(N3CCN(C(=O)c4ccc(F)cc4F)CC3)nc(C)n2)n1. The van der Waals surface area contributed by atoms with Gasteiger partial charge in [-0.3, -0.25) is 4.79 Å². The van der Waals surface area contributed by atoms with E-state index in [0.717, 1.165) is 29.3 Å². The van der Waals surface area contributed by atoms with Gasteiger partial charge >= 0.3 is 0 Å². The van der Waals surface area contributed by atoms with Crippen LogP contribution < -0.4 is 4.90 Å². The van der Waals surface area contributed by atoms with Crippen LogP contribution in [-0.4, -0.2) is 56.7 Å². The van der Waals surface area contributed by atoms with E-state index in [1.54, 1.807) is 9.58 Å². The Labute approximate surface area is 173 Å². The first kappa shape index (κ1) is 19.9.